The van der Waals surface area contributed by atoms with Crippen molar-refractivity contribution in [3.05, 3.63) is 45.6 Å². The molecule has 1 amide bonds. The molecule has 24 heavy (non-hydrogen) atoms. The summed E-state index contributed by atoms with van der Waals surface area (Å²) in [6.45, 7) is 1.90. The van der Waals surface area contributed by atoms with Crippen LogP contribution < -0.4 is 5.06 Å². The molecule has 1 aromatic heterocycles. The third-order valence-corrected chi connectivity index (χ3v) is 4.30. The van der Waals surface area contributed by atoms with Gasteiger partial charge in [0.25, 0.3) is 0 Å². The van der Waals surface area contributed by atoms with Crippen LogP contribution in [-0.2, 0) is 9.63 Å². The molecule has 8 heteroatoms. The van der Waals surface area contributed by atoms with E-state index in [-0.39, 0.29) is 0 Å². The van der Waals surface area contributed by atoms with Crippen molar-refractivity contribution in [2.75, 3.05) is 18.4 Å². The molecular weight excluding hydrogens is 369 g/mol. The van der Waals surface area contributed by atoms with E-state index in [4.69, 9.17) is 28.0 Å². The monoisotopic (exact) mass is 383 g/mol. The molecule has 126 valence electrons. The van der Waals surface area contributed by atoms with Crippen LogP contribution in [0.5, 0.6) is 0 Å². The number of carbonyl (C=O) groups is 1. The van der Waals surface area contributed by atoms with E-state index in [0.29, 0.717) is 33.0 Å². The van der Waals surface area contributed by atoms with Gasteiger partial charge < -0.3 is 0 Å². The van der Waals surface area contributed by atoms with E-state index in [9.17, 15) is 4.79 Å². The first-order valence-electron chi connectivity index (χ1n) is 6.83. The SMILES string of the molecule is CON(C=O)c1nc(SC)ncc1/C=C(\C)c1ccc(Cl)cc1Cl. The Morgan fingerprint density at radius 1 is 1.38 bits per heavy atom. The van der Waals surface area contributed by atoms with Crippen molar-refractivity contribution in [2.24, 2.45) is 0 Å². The fourth-order valence-corrected chi connectivity index (χ4v) is 2.94. The standard InChI is InChI=1S/C16H15Cl2N3O2S/c1-10(13-5-4-12(17)7-14(13)18)6-11-8-19-16(24-3)20-15(11)21(9-22)23-2/h4-9H,1-3H3/b10-6+. The number of anilines is 1. The molecule has 0 fully saturated rings. The van der Waals surface area contributed by atoms with E-state index < -0.39 is 0 Å². The summed E-state index contributed by atoms with van der Waals surface area (Å²) in [4.78, 5) is 24.8. The van der Waals surface area contributed by atoms with E-state index >= 15 is 0 Å². The average molecular weight is 384 g/mol. The molecule has 0 aliphatic rings. The summed E-state index contributed by atoms with van der Waals surface area (Å²) in [5.41, 5.74) is 2.33. The maximum atomic E-state index is 11.2. The van der Waals surface area contributed by atoms with Gasteiger partial charge in [0.2, 0.25) is 6.41 Å². The Labute approximate surface area is 154 Å². The topological polar surface area (TPSA) is 55.3 Å². The molecule has 0 aliphatic heterocycles. The van der Waals surface area contributed by atoms with Crippen molar-refractivity contribution in [2.45, 2.75) is 12.1 Å². The van der Waals surface area contributed by atoms with Crippen LogP contribution in [0.1, 0.15) is 18.1 Å². The Balaban J connectivity index is 2.52. The molecular formula is C16H15Cl2N3O2S. The maximum absolute atomic E-state index is 11.2. The first kappa shape index (κ1) is 18.7. The molecule has 2 rings (SSSR count). The third-order valence-electron chi connectivity index (χ3n) is 3.19. The second kappa shape index (κ2) is 8.48. The molecule has 0 saturated carbocycles. The summed E-state index contributed by atoms with van der Waals surface area (Å²) in [5.74, 6) is 0.358. The van der Waals surface area contributed by atoms with Crippen LogP contribution in [0.3, 0.4) is 0 Å². The lowest BCUT2D eigenvalue weighted by atomic mass is 10.1. The quantitative estimate of drug-likeness (QED) is 0.316. The van der Waals surface area contributed by atoms with Crippen LogP contribution in [0, 0.1) is 0 Å². The Kier molecular flexibility index (Phi) is 6.62. The highest BCUT2D eigenvalue weighted by atomic mass is 35.5. The van der Waals surface area contributed by atoms with E-state index in [0.717, 1.165) is 16.2 Å². The zero-order chi connectivity index (χ0) is 17.7. The van der Waals surface area contributed by atoms with E-state index in [1.54, 1.807) is 18.3 Å². The lowest BCUT2D eigenvalue weighted by Crippen LogP contribution is -2.21. The number of hydrogen-bond donors (Lipinski definition) is 0. The van der Waals surface area contributed by atoms with Gasteiger partial charge in [-0.2, -0.15) is 5.06 Å². The molecule has 2 aromatic rings. The highest BCUT2D eigenvalue weighted by molar-refractivity contribution is 7.98. The number of rotatable bonds is 6. The van der Waals surface area contributed by atoms with Crippen LogP contribution >= 0.6 is 35.0 Å². The van der Waals surface area contributed by atoms with Gasteiger partial charge in [-0.1, -0.05) is 41.0 Å². The molecule has 0 saturated heterocycles. The number of amides is 1. The molecule has 1 aromatic carbocycles. The summed E-state index contributed by atoms with van der Waals surface area (Å²) < 4.78 is 0. The lowest BCUT2D eigenvalue weighted by Gasteiger charge is -2.16. The van der Waals surface area contributed by atoms with Crippen molar-refractivity contribution in [1.82, 2.24) is 9.97 Å². The maximum Gasteiger partial charge on any atom is 0.239 e. The van der Waals surface area contributed by atoms with Gasteiger partial charge in [0, 0.05) is 21.8 Å². The smallest absolute Gasteiger partial charge is 0.239 e. The second-order valence-electron chi connectivity index (χ2n) is 4.70. The number of halogens is 2. The van der Waals surface area contributed by atoms with Crippen molar-refractivity contribution < 1.29 is 9.63 Å². The summed E-state index contributed by atoms with van der Waals surface area (Å²) >= 11 is 13.5. The average Bonchev–Trinajstić information content (AvgIpc) is 2.57. The zero-order valence-corrected chi connectivity index (χ0v) is 15.6. The van der Waals surface area contributed by atoms with Crippen molar-refractivity contribution in [1.29, 1.82) is 0 Å². The highest BCUT2D eigenvalue weighted by Crippen LogP contribution is 2.30. The largest absolute Gasteiger partial charge is 0.276 e. The summed E-state index contributed by atoms with van der Waals surface area (Å²) in [6, 6.07) is 5.28. The van der Waals surface area contributed by atoms with E-state index in [1.165, 1.54) is 18.9 Å². The van der Waals surface area contributed by atoms with Gasteiger partial charge in [0.1, 0.15) is 0 Å². The molecule has 0 N–H and O–H groups in total. The van der Waals surface area contributed by atoms with Gasteiger partial charge in [0.05, 0.1) is 7.11 Å². The number of carbonyl (C=O) groups excluding carboxylic acids is 1. The van der Waals surface area contributed by atoms with Crippen LogP contribution in [0.25, 0.3) is 11.6 Å². The predicted octanol–water partition coefficient (Wildman–Crippen LogP) is 4.59. The Morgan fingerprint density at radius 3 is 2.71 bits per heavy atom. The van der Waals surface area contributed by atoms with Gasteiger partial charge in [-0.3, -0.25) is 9.63 Å². The fourth-order valence-electron chi connectivity index (χ4n) is 2.04. The Hall–Kier alpha value is -1.60. The number of benzene rings is 1. The first-order valence-corrected chi connectivity index (χ1v) is 8.81. The molecule has 0 unspecified atom stereocenters. The molecule has 0 aliphatic carbocycles. The van der Waals surface area contributed by atoms with Crippen LogP contribution in [0.15, 0.2) is 29.6 Å². The highest BCUT2D eigenvalue weighted by Gasteiger charge is 2.14. The van der Waals surface area contributed by atoms with Gasteiger partial charge in [-0.05, 0) is 42.5 Å². The fraction of sp³-hybridized carbons (Fsp3) is 0.188. The Bertz CT molecular complexity index is 784. The number of aromatic nitrogens is 2. The van der Waals surface area contributed by atoms with Crippen molar-refractivity contribution in [3.63, 3.8) is 0 Å². The minimum atomic E-state index is 0.358. The Morgan fingerprint density at radius 2 is 2.12 bits per heavy atom. The molecule has 0 atom stereocenters. The number of hydroxylamine groups is 1. The predicted molar refractivity (Wildman–Crippen MR) is 99.4 cm³/mol. The minimum absolute atomic E-state index is 0.358. The molecule has 0 radical (unpaired) electrons. The lowest BCUT2D eigenvalue weighted by molar-refractivity contribution is -0.112. The van der Waals surface area contributed by atoms with E-state index in [1.807, 2.05) is 25.3 Å². The van der Waals surface area contributed by atoms with Gasteiger partial charge in [-0.15, -0.1) is 0 Å². The zero-order valence-electron chi connectivity index (χ0n) is 13.3. The van der Waals surface area contributed by atoms with Crippen LogP contribution in [0.4, 0.5) is 5.82 Å². The van der Waals surface area contributed by atoms with Crippen LogP contribution in [0.2, 0.25) is 10.0 Å². The summed E-state index contributed by atoms with van der Waals surface area (Å²) in [5, 5.41) is 2.69. The van der Waals surface area contributed by atoms with Gasteiger partial charge >= 0.3 is 0 Å². The summed E-state index contributed by atoms with van der Waals surface area (Å²) in [6.07, 6.45) is 5.88. The van der Waals surface area contributed by atoms with Crippen molar-refractivity contribution in [3.8, 4) is 0 Å². The summed E-state index contributed by atoms with van der Waals surface area (Å²) in [7, 11) is 1.39. The molecule has 0 spiro atoms. The normalized spacial score (nSPS) is 11.5. The number of hydrogen-bond acceptors (Lipinski definition) is 5. The first-order chi connectivity index (χ1) is 11.5. The van der Waals surface area contributed by atoms with Gasteiger partial charge in [0.15, 0.2) is 11.0 Å². The molecule has 5 nitrogen and oxygen atoms in total. The molecule has 0 bridgehead atoms. The number of thioether (sulfide) groups is 1. The van der Waals surface area contributed by atoms with E-state index in [2.05, 4.69) is 9.97 Å². The van der Waals surface area contributed by atoms with Crippen molar-refractivity contribution >= 4 is 58.8 Å². The second-order valence-corrected chi connectivity index (χ2v) is 6.32. The molecule has 1 heterocycles. The van der Waals surface area contributed by atoms with Gasteiger partial charge in [-0.25, -0.2) is 9.97 Å². The third kappa shape index (κ3) is 4.27. The number of allylic oxidation sites excluding steroid dienone is 1. The minimum Gasteiger partial charge on any atom is -0.276 e. The number of nitrogens with zero attached hydrogens (tertiary/aromatic N) is 3. The van der Waals surface area contributed by atoms with Crippen LogP contribution in [-0.4, -0.2) is 29.7 Å².